The summed E-state index contributed by atoms with van der Waals surface area (Å²) in [5.41, 5.74) is 0. The maximum Gasteiger partial charge on any atom is 0.226 e. The van der Waals surface area contributed by atoms with E-state index in [1.54, 1.807) is 0 Å². The van der Waals surface area contributed by atoms with E-state index in [-0.39, 0.29) is 6.04 Å². The van der Waals surface area contributed by atoms with Gasteiger partial charge in [0.05, 0.1) is 0 Å². The van der Waals surface area contributed by atoms with Crippen LogP contribution in [0.5, 0.6) is 0 Å². The third kappa shape index (κ3) is 4.94. The molecule has 0 aromatic carbocycles. The molecule has 1 aliphatic rings. The van der Waals surface area contributed by atoms with Crippen molar-refractivity contribution in [1.29, 1.82) is 0 Å². The third-order valence-electron chi connectivity index (χ3n) is 2.41. The highest BCUT2D eigenvalue weighted by Gasteiger charge is 2.27. The zero-order valence-corrected chi connectivity index (χ0v) is 10.6. The molecule has 2 atom stereocenters. The fourth-order valence-electron chi connectivity index (χ4n) is 1.88. The van der Waals surface area contributed by atoms with Gasteiger partial charge in [-0.3, -0.25) is 0 Å². The van der Waals surface area contributed by atoms with Gasteiger partial charge >= 0.3 is 0 Å². The van der Waals surface area contributed by atoms with Crippen LogP contribution in [-0.2, 0) is 19.9 Å². The van der Waals surface area contributed by atoms with Gasteiger partial charge in [-0.05, 0) is 25.2 Å². The van der Waals surface area contributed by atoms with Gasteiger partial charge in [0.1, 0.15) is 0 Å². The number of hydrogen-bond donors (Lipinski definition) is 1. The second-order valence-electron chi connectivity index (χ2n) is 4.39. The Morgan fingerprint density at radius 3 is 2.20 bits per heavy atom. The number of sulfonamides is 1. The molecule has 1 saturated carbocycles. The van der Waals surface area contributed by atoms with E-state index in [1.165, 1.54) is 0 Å². The Bertz CT molecular complexity index is 412. The number of hydrogen-bond acceptors (Lipinski definition) is 4. The van der Waals surface area contributed by atoms with Gasteiger partial charge in [0.25, 0.3) is 0 Å². The molecule has 0 bridgehead atoms. The molecule has 0 saturated heterocycles. The SMILES string of the molecule is CC1CCC(NS(=O)(=O)CS(C)(=O)=O)C1. The monoisotopic (exact) mass is 255 g/mol. The van der Waals surface area contributed by atoms with Crippen molar-refractivity contribution in [3.8, 4) is 0 Å². The summed E-state index contributed by atoms with van der Waals surface area (Å²) in [6.07, 6.45) is 3.50. The largest absolute Gasteiger partial charge is 0.228 e. The van der Waals surface area contributed by atoms with Crippen molar-refractivity contribution in [3.05, 3.63) is 0 Å². The van der Waals surface area contributed by atoms with Crippen molar-refractivity contribution in [2.75, 3.05) is 11.3 Å². The maximum atomic E-state index is 11.4. The van der Waals surface area contributed by atoms with Crippen LogP contribution in [0.4, 0.5) is 0 Å². The van der Waals surface area contributed by atoms with Crippen LogP contribution < -0.4 is 4.72 Å². The van der Waals surface area contributed by atoms with E-state index in [9.17, 15) is 16.8 Å². The van der Waals surface area contributed by atoms with Crippen molar-refractivity contribution < 1.29 is 16.8 Å². The summed E-state index contributed by atoms with van der Waals surface area (Å²) >= 11 is 0. The van der Waals surface area contributed by atoms with Gasteiger partial charge in [0.15, 0.2) is 14.9 Å². The first kappa shape index (κ1) is 12.9. The fourth-order valence-corrected chi connectivity index (χ4v) is 5.13. The quantitative estimate of drug-likeness (QED) is 0.772. The molecule has 1 rings (SSSR count). The second-order valence-corrected chi connectivity index (χ2v) is 8.65. The summed E-state index contributed by atoms with van der Waals surface area (Å²) in [6, 6.07) is -0.0910. The summed E-state index contributed by atoms with van der Waals surface area (Å²) in [6.45, 7) is 2.06. The van der Waals surface area contributed by atoms with Crippen molar-refractivity contribution in [2.24, 2.45) is 5.92 Å². The molecule has 90 valence electrons. The molecule has 2 unspecified atom stereocenters. The smallest absolute Gasteiger partial charge is 0.226 e. The minimum absolute atomic E-state index is 0.0910. The molecule has 0 radical (unpaired) electrons. The van der Waals surface area contributed by atoms with Crippen molar-refractivity contribution in [2.45, 2.75) is 32.2 Å². The number of rotatable bonds is 4. The lowest BCUT2D eigenvalue weighted by molar-refractivity contribution is 0.540. The highest BCUT2D eigenvalue weighted by Crippen LogP contribution is 2.25. The van der Waals surface area contributed by atoms with Crippen LogP contribution in [-0.4, -0.2) is 34.2 Å². The first-order chi connectivity index (χ1) is 6.68. The maximum absolute atomic E-state index is 11.4. The van der Waals surface area contributed by atoms with Gasteiger partial charge < -0.3 is 0 Å². The van der Waals surface area contributed by atoms with E-state index in [0.717, 1.165) is 25.5 Å². The first-order valence-corrected chi connectivity index (χ1v) is 8.57. The minimum atomic E-state index is -3.68. The average Bonchev–Trinajstić information content (AvgIpc) is 2.27. The Kier molecular flexibility index (Phi) is 3.78. The Morgan fingerprint density at radius 2 is 1.80 bits per heavy atom. The Hall–Kier alpha value is -0.140. The summed E-state index contributed by atoms with van der Waals surface area (Å²) < 4.78 is 47.0. The minimum Gasteiger partial charge on any atom is -0.228 e. The topological polar surface area (TPSA) is 80.3 Å². The highest BCUT2D eigenvalue weighted by atomic mass is 32.3. The molecule has 5 nitrogen and oxygen atoms in total. The van der Waals surface area contributed by atoms with E-state index in [2.05, 4.69) is 11.6 Å². The Balaban J connectivity index is 2.58. The molecule has 0 amide bonds. The van der Waals surface area contributed by atoms with Crippen LogP contribution in [0.25, 0.3) is 0 Å². The van der Waals surface area contributed by atoms with Gasteiger partial charge in [-0.25, -0.2) is 21.6 Å². The zero-order valence-electron chi connectivity index (χ0n) is 8.93. The molecule has 1 fully saturated rings. The first-order valence-electron chi connectivity index (χ1n) is 4.86. The lowest BCUT2D eigenvalue weighted by Gasteiger charge is -2.11. The summed E-state index contributed by atoms with van der Waals surface area (Å²) in [7, 11) is -7.17. The predicted octanol–water partition coefficient (Wildman–Crippen LogP) is 0.0965. The van der Waals surface area contributed by atoms with Gasteiger partial charge in [0.2, 0.25) is 10.0 Å². The fraction of sp³-hybridized carbons (Fsp3) is 1.00. The molecule has 7 heteroatoms. The predicted molar refractivity (Wildman–Crippen MR) is 58.6 cm³/mol. The molecule has 0 heterocycles. The van der Waals surface area contributed by atoms with Crippen molar-refractivity contribution in [3.63, 3.8) is 0 Å². The molecular formula is C8H17NO4S2. The molecule has 15 heavy (non-hydrogen) atoms. The van der Waals surface area contributed by atoms with Crippen LogP contribution in [0.1, 0.15) is 26.2 Å². The van der Waals surface area contributed by atoms with Gasteiger partial charge in [0, 0.05) is 12.3 Å². The van der Waals surface area contributed by atoms with E-state index in [1.807, 2.05) is 0 Å². The van der Waals surface area contributed by atoms with E-state index < -0.39 is 24.9 Å². The normalized spacial score (nSPS) is 28.1. The standard InChI is InChI=1S/C8H17NO4S2/c1-7-3-4-8(5-7)9-15(12,13)6-14(2,10)11/h7-9H,3-6H2,1-2H3. The molecule has 1 aliphatic carbocycles. The van der Waals surface area contributed by atoms with Crippen molar-refractivity contribution in [1.82, 2.24) is 4.72 Å². The number of nitrogens with one attached hydrogen (secondary N) is 1. The van der Waals surface area contributed by atoms with Crippen LogP contribution in [0.3, 0.4) is 0 Å². The molecule has 0 aliphatic heterocycles. The van der Waals surface area contributed by atoms with Gasteiger partial charge in [-0.2, -0.15) is 0 Å². The second kappa shape index (κ2) is 4.39. The summed E-state index contributed by atoms with van der Waals surface area (Å²) in [4.78, 5) is 0. The molecule has 0 aromatic heterocycles. The average molecular weight is 255 g/mol. The van der Waals surface area contributed by atoms with Gasteiger partial charge in [-0.1, -0.05) is 6.92 Å². The molecule has 0 spiro atoms. The van der Waals surface area contributed by atoms with E-state index in [0.29, 0.717) is 5.92 Å². The highest BCUT2D eigenvalue weighted by molar-refractivity contribution is 8.06. The van der Waals surface area contributed by atoms with Crippen molar-refractivity contribution >= 4 is 19.9 Å². The van der Waals surface area contributed by atoms with Crippen LogP contribution in [0.2, 0.25) is 0 Å². The molecule has 1 N–H and O–H groups in total. The number of sulfone groups is 1. The van der Waals surface area contributed by atoms with E-state index in [4.69, 9.17) is 0 Å². The van der Waals surface area contributed by atoms with Crippen LogP contribution >= 0.6 is 0 Å². The van der Waals surface area contributed by atoms with Crippen LogP contribution in [0, 0.1) is 5.92 Å². The van der Waals surface area contributed by atoms with Gasteiger partial charge in [-0.15, -0.1) is 0 Å². The van der Waals surface area contributed by atoms with Crippen LogP contribution in [0.15, 0.2) is 0 Å². The lowest BCUT2D eigenvalue weighted by Crippen LogP contribution is -2.36. The Labute approximate surface area is 91.2 Å². The zero-order chi connectivity index (χ0) is 11.7. The molecule has 0 aromatic rings. The summed E-state index contributed by atoms with van der Waals surface area (Å²) in [5, 5.41) is -0.815. The summed E-state index contributed by atoms with van der Waals surface area (Å²) in [5.74, 6) is 0.510. The molecular weight excluding hydrogens is 238 g/mol. The van der Waals surface area contributed by atoms with E-state index >= 15 is 0 Å². The lowest BCUT2D eigenvalue weighted by atomic mass is 10.1. The Morgan fingerprint density at radius 1 is 1.20 bits per heavy atom. The third-order valence-corrected chi connectivity index (χ3v) is 6.06.